The topological polar surface area (TPSA) is 76.3 Å². The van der Waals surface area contributed by atoms with Gasteiger partial charge in [-0.05, 0) is 38.3 Å². The molecule has 0 aliphatic rings. The van der Waals surface area contributed by atoms with Crippen LogP contribution in [0.4, 0.5) is 0 Å². The van der Waals surface area contributed by atoms with Gasteiger partial charge in [-0.2, -0.15) is 10.1 Å². The number of hydrogen-bond donors (Lipinski definition) is 0. The van der Waals surface area contributed by atoms with Crippen LogP contribution in [0.25, 0.3) is 5.78 Å². The molecule has 0 unspecified atom stereocenters. The van der Waals surface area contributed by atoms with Gasteiger partial charge in [-0.3, -0.25) is 4.79 Å². The molecule has 30 heavy (non-hydrogen) atoms. The minimum absolute atomic E-state index is 0.115. The highest BCUT2D eigenvalue weighted by Crippen LogP contribution is 2.20. The van der Waals surface area contributed by atoms with E-state index in [0.29, 0.717) is 31.7 Å². The third kappa shape index (κ3) is 4.23. The monoisotopic (exact) mass is 420 g/mol. The summed E-state index contributed by atoms with van der Waals surface area (Å²) in [4.78, 5) is 29.3. The molecule has 7 nitrogen and oxygen atoms in total. The lowest BCUT2D eigenvalue weighted by atomic mass is 10.1. The molecule has 1 aromatic carbocycles. The molecule has 4 aromatic rings. The zero-order chi connectivity index (χ0) is 21.1. The fraction of sp³-hybridized carbons (Fsp3) is 0.318. The Balaban J connectivity index is 1.53. The second-order valence-electron chi connectivity index (χ2n) is 7.33. The van der Waals surface area contributed by atoms with Gasteiger partial charge in [0.05, 0.1) is 17.7 Å². The molecule has 0 N–H and O–H groups in total. The Kier molecular flexibility index (Phi) is 5.85. The van der Waals surface area contributed by atoms with Gasteiger partial charge in [0.25, 0.3) is 5.78 Å². The van der Waals surface area contributed by atoms with Crippen molar-refractivity contribution in [3.8, 4) is 0 Å². The fourth-order valence-corrected chi connectivity index (χ4v) is 4.39. The highest BCUT2D eigenvalue weighted by Gasteiger charge is 2.19. The minimum atomic E-state index is 0.115. The summed E-state index contributed by atoms with van der Waals surface area (Å²) in [5, 5.41) is 4.24. The van der Waals surface area contributed by atoms with E-state index in [1.54, 1.807) is 15.9 Å². The highest BCUT2D eigenvalue weighted by molar-refractivity contribution is 7.09. The zero-order valence-electron chi connectivity index (χ0n) is 17.4. The molecular weight excluding hydrogens is 396 g/mol. The molecular formula is C22H24N6OS. The Morgan fingerprint density at radius 2 is 1.87 bits per heavy atom. The van der Waals surface area contributed by atoms with E-state index in [9.17, 15) is 4.79 Å². The van der Waals surface area contributed by atoms with E-state index in [2.05, 4.69) is 32.2 Å². The van der Waals surface area contributed by atoms with Crippen molar-refractivity contribution in [2.24, 2.45) is 0 Å². The average molecular weight is 421 g/mol. The Bertz CT molecular complexity index is 1170. The molecule has 4 rings (SSSR count). The van der Waals surface area contributed by atoms with E-state index >= 15 is 0 Å². The fourth-order valence-electron chi connectivity index (χ4n) is 3.59. The summed E-state index contributed by atoms with van der Waals surface area (Å²) >= 11 is 1.59. The lowest BCUT2D eigenvalue weighted by Crippen LogP contribution is -2.30. The van der Waals surface area contributed by atoms with Gasteiger partial charge in [-0.1, -0.05) is 30.3 Å². The van der Waals surface area contributed by atoms with Crippen LogP contribution < -0.4 is 0 Å². The molecule has 8 heteroatoms. The van der Waals surface area contributed by atoms with Crippen molar-refractivity contribution < 1.29 is 4.79 Å². The molecule has 0 fully saturated rings. The summed E-state index contributed by atoms with van der Waals surface area (Å²) in [5.41, 5.74) is 6.87. The number of benzene rings is 1. The largest absolute Gasteiger partial charge is 0.333 e. The third-order valence-electron chi connectivity index (χ3n) is 5.33. The quantitative estimate of drug-likeness (QED) is 0.456. The number of carbonyl (C=O) groups excluding carboxylic acids is 1. The predicted molar refractivity (Wildman–Crippen MR) is 116 cm³/mol. The van der Waals surface area contributed by atoms with Crippen molar-refractivity contribution in [1.82, 2.24) is 29.5 Å². The van der Waals surface area contributed by atoms with Crippen molar-refractivity contribution in [2.45, 2.75) is 46.7 Å². The van der Waals surface area contributed by atoms with Gasteiger partial charge in [-0.15, -0.1) is 11.3 Å². The second kappa shape index (κ2) is 8.71. The number of hydrogen-bond acceptors (Lipinski definition) is 6. The van der Waals surface area contributed by atoms with Crippen molar-refractivity contribution >= 4 is 23.0 Å². The van der Waals surface area contributed by atoms with Crippen molar-refractivity contribution in [1.29, 1.82) is 0 Å². The molecule has 0 aliphatic carbocycles. The number of rotatable bonds is 7. The van der Waals surface area contributed by atoms with Gasteiger partial charge in [0, 0.05) is 29.2 Å². The molecule has 0 atom stereocenters. The highest BCUT2D eigenvalue weighted by atomic mass is 32.1. The van der Waals surface area contributed by atoms with E-state index in [4.69, 9.17) is 0 Å². The number of nitrogens with zero attached hydrogens (tertiary/aromatic N) is 6. The number of aromatic nitrogens is 5. The predicted octanol–water partition coefficient (Wildman–Crippen LogP) is 3.67. The van der Waals surface area contributed by atoms with Gasteiger partial charge in [0.15, 0.2) is 0 Å². The summed E-state index contributed by atoms with van der Waals surface area (Å²) in [6.07, 6.45) is 2.53. The van der Waals surface area contributed by atoms with E-state index in [-0.39, 0.29) is 5.91 Å². The van der Waals surface area contributed by atoms with Crippen LogP contribution in [0.2, 0.25) is 0 Å². The van der Waals surface area contributed by atoms with Crippen LogP contribution in [0.5, 0.6) is 0 Å². The molecule has 3 heterocycles. The Hall–Kier alpha value is -3.13. The Morgan fingerprint density at radius 1 is 1.07 bits per heavy atom. The molecule has 154 valence electrons. The maximum absolute atomic E-state index is 13.2. The van der Waals surface area contributed by atoms with Gasteiger partial charge < -0.3 is 4.90 Å². The van der Waals surface area contributed by atoms with Gasteiger partial charge in [-0.25, -0.2) is 14.5 Å². The smallest absolute Gasteiger partial charge is 0.252 e. The molecule has 1 amide bonds. The van der Waals surface area contributed by atoms with Crippen LogP contribution in [-0.4, -0.2) is 35.4 Å². The number of thiazole rings is 1. The first-order chi connectivity index (χ1) is 14.5. The van der Waals surface area contributed by atoms with Crippen molar-refractivity contribution in [3.63, 3.8) is 0 Å². The molecule has 0 aliphatic heterocycles. The molecule has 0 radical (unpaired) electrons. The van der Waals surface area contributed by atoms with Crippen LogP contribution in [0, 0.1) is 20.8 Å². The normalized spacial score (nSPS) is 11.2. The maximum Gasteiger partial charge on any atom is 0.252 e. The number of fused-ring (bicyclic) bond motifs is 1. The standard InChI is InChI=1S/C22H24N6OS/c1-15-19(17(3)28-22(26-15)23-13-25-28)9-10-21(29)27(11-18-7-5-4-6-8-18)12-20-16(2)24-14-30-20/h4-8,13-14H,9-12H2,1-3H3. The Morgan fingerprint density at radius 3 is 2.60 bits per heavy atom. The summed E-state index contributed by atoms with van der Waals surface area (Å²) in [6.45, 7) is 7.10. The molecule has 3 aromatic heterocycles. The van der Waals surface area contributed by atoms with E-state index in [1.165, 1.54) is 6.33 Å². The summed E-state index contributed by atoms with van der Waals surface area (Å²) < 4.78 is 1.73. The zero-order valence-corrected chi connectivity index (χ0v) is 18.2. The SMILES string of the molecule is Cc1ncsc1CN(Cc1ccccc1)C(=O)CCc1c(C)nc2ncnn2c1C. The van der Waals surface area contributed by atoms with Crippen molar-refractivity contribution in [2.75, 3.05) is 0 Å². The lowest BCUT2D eigenvalue weighted by Gasteiger charge is -2.23. The van der Waals surface area contributed by atoms with Crippen LogP contribution >= 0.6 is 11.3 Å². The van der Waals surface area contributed by atoms with Gasteiger partial charge >= 0.3 is 0 Å². The van der Waals surface area contributed by atoms with Gasteiger partial charge in [0.2, 0.25) is 5.91 Å². The Labute approximate surface area is 179 Å². The number of carbonyl (C=O) groups is 1. The summed E-state index contributed by atoms with van der Waals surface area (Å²) in [5.74, 6) is 0.704. The number of aryl methyl sites for hydroxylation is 3. The van der Waals surface area contributed by atoms with Crippen LogP contribution in [-0.2, 0) is 24.3 Å². The van der Waals surface area contributed by atoms with Gasteiger partial charge in [0.1, 0.15) is 6.33 Å². The van der Waals surface area contributed by atoms with Crippen LogP contribution in [0.15, 0.2) is 42.2 Å². The third-order valence-corrected chi connectivity index (χ3v) is 6.25. The molecule has 0 bridgehead atoms. The maximum atomic E-state index is 13.2. The van der Waals surface area contributed by atoms with Crippen molar-refractivity contribution in [3.05, 3.63) is 75.3 Å². The van der Waals surface area contributed by atoms with E-state index < -0.39 is 0 Å². The summed E-state index contributed by atoms with van der Waals surface area (Å²) in [7, 11) is 0. The molecule has 0 saturated carbocycles. The lowest BCUT2D eigenvalue weighted by molar-refractivity contribution is -0.132. The number of amides is 1. The summed E-state index contributed by atoms with van der Waals surface area (Å²) in [6, 6.07) is 10.1. The molecule has 0 spiro atoms. The van der Waals surface area contributed by atoms with E-state index in [1.807, 2.05) is 49.4 Å². The first kappa shape index (κ1) is 20.2. The van der Waals surface area contributed by atoms with Crippen LogP contribution in [0.1, 0.15) is 39.5 Å². The second-order valence-corrected chi connectivity index (χ2v) is 8.27. The van der Waals surface area contributed by atoms with E-state index in [0.717, 1.165) is 33.1 Å². The molecule has 0 saturated heterocycles. The minimum Gasteiger partial charge on any atom is -0.333 e. The van der Waals surface area contributed by atoms with Crippen LogP contribution in [0.3, 0.4) is 0 Å². The first-order valence-corrected chi connectivity index (χ1v) is 10.8. The first-order valence-electron chi connectivity index (χ1n) is 9.89. The average Bonchev–Trinajstić information content (AvgIpc) is 3.37.